The van der Waals surface area contributed by atoms with Gasteiger partial charge in [0.25, 0.3) is 0 Å². The van der Waals surface area contributed by atoms with Crippen molar-refractivity contribution >= 4 is 38.3 Å². The molecule has 0 saturated carbocycles. The van der Waals surface area contributed by atoms with Crippen LogP contribution in [0.2, 0.25) is 0 Å². The van der Waals surface area contributed by atoms with Crippen molar-refractivity contribution in [1.29, 1.82) is 0 Å². The van der Waals surface area contributed by atoms with Crippen molar-refractivity contribution in [3.63, 3.8) is 0 Å². The van der Waals surface area contributed by atoms with E-state index in [4.69, 9.17) is 5.73 Å². The van der Waals surface area contributed by atoms with Crippen molar-refractivity contribution in [2.45, 2.75) is 12.5 Å². The molecule has 0 aliphatic carbocycles. The minimum Gasteiger partial charge on any atom is -0.324 e. The molecule has 0 aliphatic rings. The summed E-state index contributed by atoms with van der Waals surface area (Å²) >= 11 is 5.19. The van der Waals surface area contributed by atoms with E-state index >= 15 is 0 Å². The number of rotatable bonds is 3. The molecule has 0 amide bonds. The second-order valence-corrected chi connectivity index (χ2v) is 6.87. The SMILES string of the molecule is NC(Cc1ccc(Br)s1)c1ccc2nccnc2c1. The van der Waals surface area contributed by atoms with Crippen molar-refractivity contribution in [3.8, 4) is 0 Å². The molecule has 0 aliphatic heterocycles. The third-order valence-corrected chi connectivity index (χ3v) is 4.62. The summed E-state index contributed by atoms with van der Waals surface area (Å²) in [5.41, 5.74) is 9.16. The van der Waals surface area contributed by atoms with E-state index in [9.17, 15) is 0 Å². The second-order valence-electron chi connectivity index (χ2n) is 4.32. The molecule has 0 fully saturated rings. The normalized spacial score (nSPS) is 12.7. The lowest BCUT2D eigenvalue weighted by molar-refractivity contribution is 0.731. The van der Waals surface area contributed by atoms with E-state index < -0.39 is 0 Å². The molecule has 0 radical (unpaired) electrons. The van der Waals surface area contributed by atoms with Gasteiger partial charge in [-0.1, -0.05) is 6.07 Å². The molecule has 0 spiro atoms. The molecular formula is C14H12BrN3S. The maximum absolute atomic E-state index is 6.27. The average molecular weight is 334 g/mol. The predicted molar refractivity (Wildman–Crippen MR) is 82.2 cm³/mol. The van der Waals surface area contributed by atoms with Crippen LogP contribution < -0.4 is 5.73 Å². The maximum Gasteiger partial charge on any atom is 0.0890 e. The summed E-state index contributed by atoms with van der Waals surface area (Å²) in [6.07, 6.45) is 4.24. The Labute approximate surface area is 123 Å². The zero-order valence-electron chi connectivity index (χ0n) is 10.1. The van der Waals surface area contributed by atoms with Gasteiger partial charge in [-0.15, -0.1) is 11.3 Å². The van der Waals surface area contributed by atoms with Gasteiger partial charge in [0, 0.05) is 29.7 Å². The molecule has 19 heavy (non-hydrogen) atoms. The summed E-state index contributed by atoms with van der Waals surface area (Å²) in [5.74, 6) is 0. The van der Waals surface area contributed by atoms with Gasteiger partial charge in [-0.05, 0) is 45.8 Å². The molecule has 3 nitrogen and oxygen atoms in total. The van der Waals surface area contributed by atoms with E-state index in [1.807, 2.05) is 18.2 Å². The topological polar surface area (TPSA) is 51.8 Å². The van der Waals surface area contributed by atoms with Crippen LogP contribution >= 0.6 is 27.3 Å². The second kappa shape index (κ2) is 5.36. The quantitative estimate of drug-likeness (QED) is 0.795. The Morgan fingerprint density at radius 1 is 1.11 bits per heavy atom. The summed E-state index contributed by atoms with van der Waals surface area (Å²) < 4.78 is 1.14. The molecule has 96 valence electrons. The summed E-state index contributed by atoms with van der Waals surface area (Å²) in [6.45, 7) is 0. The van der Waals surface area contributed by atoms with Gasteiger partial charge >= 0.3 is 0 Å². The minimum absolute atomic E-state index is 0.0167. The summed E-state index contributed by atoms with van der Waals surface area (Å²) in [5, 5.41) is 0. The number of nitrogens with two attached hydrogens (primary N) is 1. The van der Waals surface area contributed by atoms with Gasteiger partial charge in [-0.25, -0.2) is 0 Å². The van der Waals surface area contributed by atoms with E-state index in [0.717, 1.165) is 26.8 Å². The highest BCUT2D eigenvalue weighted by atomic mass is 79.9. The lowest BCUT2D eigenvalue weighted by Crippen LogP contribution is -2.12. The van der Waals surface area contributed by atoms with Gasteiger partial charge < -0.3 is 5.73 Å². The molecule has 5 heteroatoms. The summed E-state index contributed by atoms with van der Waals surface area (Å²) in [7, 11) is 0. The first kappa shape index (κ1) is 12.7. The van der Waals surface area contributed by atoms with Crippen LogP contribution in [0.1, 0.15) is 16.5 Å². The summed E-state index contributed by atoms with van der Waals surface area (Å²) in [4.78, 5) is 9.85. The van der Waals surface area contributed by atoms with Crippen molar-refractivity contribution in [3.05, 3.63) is 57.0 Å². The first-order chi connectivity index (χ1) is 9.22. The molecule has 0 saturated heterocycles. The molecular weight excluding hydrogens is 322 g/mol. The molecule has 3 rings (SSSR count). The Morgan fingerprint density at radius 2 is 1.89 bits per heavy atom. The van der Waals surface area contributed by atoms with Crippen LogP contribution in [0.15, 0.2) is 46.5 Å². The maximum atomic E-state index is 6.27. The predicted octanol–water partition coefficient (Wildman–Crippen LogP) is 3.70. The fraction of sp³-hybridized carbons (Fsp3) is 0.143. The van der Waals surface area contributed by atoms with Crippen LogP contribution in [0.3, 0.4) is 0 Å². The lowest BCUT2D eigenvalue weighted by atomic mass is 10.0. The molecule has 2 aromatic heterocycles. The van der Waals surface area contributed by atoms with Gasteiger partial charge in [0.05, 0.1) is 14.8 Å². The highest BCUT2D eigenvalue weighted by Gasteiger charge is 2.10. The number of aromatic nitrogens is 2. The lowest BCUT2D eigenvalue weighted by Gasteiger charge is -2.11. The Kier molecular flexibility index (Phi) is 3.59. The van der Waals surface area contributed by atoms with Crippen molar-refractivity contribution in [2.24, 2.45) is 5.73 Å². The number of benzene rings is 1. The minimum atomic E-state index is -0.0167. The van der Waals surface area contributed by atoms with E-state index in [0.29, 0.717) is 0 Å². The molecule has 2 heterocycles. The molecule has 3 aromatic rings. The molecule has 1 atom stereocenters. The highest BCUT2D eigenvalue weighted by Crippen LogP contribution is 2.26. The van der Waals surface area contributed by atoms with Crippen molar-refractivity contribution in [2.75, 3.05) is 0 Å². The monoisotopic (exact) mass is 333 g/mol. The number of nitrogens with zero attached hydrogens (tertiary/aromatic N) is 2. The number of fused-ring (bicyclic) bond motifs is 1. The van der Waals surface area contributed by atoms with Gasteiger partial charge in [-0.2, -0.15) is 0 Å². The zero-order chi connectivity index (χ0) is 13.2. The zero-order valence-corrected chi connectivity index (χ0v) is 12.5. The van der Waals surface area contributed by atoms with E-state index in [1.54, 1.807) is 23.7 Å². The van der Waals surface area contributed by atoms with Crippen molar-refractivity contribution in [1.82, 2.24) is 9.97 Å². The largest absolute Gasteiger partial charge is 0.324 e. The number of hydrogen-bond donors (Lipinski definition) is 1. The average Bonchev–Trinajstić information content (AvgIpc) is 2.83. The molecule has 1 aromatic carbocycles. The first-order valence-electron chi connectivity index (χ1n) is 5.93. The Morgan fingerprint density at radius 3 is 2.63 bits per heavy atom. The van der Waals surface area contributed by atoms with Gasteiger partial charge in [0.1, 0.15) is 0 Å². The summed E-state index contributed by atoms with van der Waals surface area (Å²) in [6, 6.07) is 10.2. The Hall–Kier alpha value is -1.30. The van der Waals surface area contributed by atoms with Crippen LogP contribution in [0.5, 0.6) is 0 Å². The fourth-order valence-electron chi connectivity index (χ4n) is 2.01. The van der Waals surface area contributed by atoms with E-state index in [-0.39, 0.29) is 6.04 Å². The third-order valence-electron chi connectivity index (χ3n) is 2.97. The fourth-order valence-corrected chi connectivity index (χ4v) is 3.55. The van der Waals surface area contributed by atoms with Crippen LogP contribution in [-0.2, 0) is 6.42 Å². The van der Waals surface area contributed by atoms with Gasteiger partial charge in [-0.3, -0.25) is 9.97 Å². The molecule has 0 bridgehead atoms. The van der Waals surface area contributed by atoms with Gasteiger partial charge in [0.15, 0.2) is 0 Å². The third kappa shape index (κ3) is 2.83. The van der Waals surface area contributed by atoms with Crippen LogP contribution in [0.4, 0.5) is 0 Å². The first-order valence-corrected chi connectivity index (χ1v) is 7.54. The smallest absolute Gasteiger partial charge is 0.0890 e. The Bertz CT molecular complexity index is 710. The van der Waals surface area contributed by atoms with Crippen LogP contribution in [-0.4, -0.2) is 9.97 Å². The van der Waals surface area contributed by atoms with Gasteiger partial charge in [0.2, 0.25) is 0 Å². The molecule has 1 unspecified atom stereocenters. The van der Waals surface area contributed by atoms with Crippen LogP contribution in [0, 0.1) is 0 Å². The Balaban J connectivity index is 1.86. The van der Waals surface area contributed by atoms with Crippen LogP contribution in [0.25, 0.3) is 11.0 Å². The number of halogens is 1. The number of thiophene rings is 1. The van der Waals surface area contributed by atoms with E-state index in [1.165, 1.54) is 4.88 Å². The molecule has 2 N–H and O–H groups in total. The number of hydrogen-bond acceptors (Lipinski definition) is 4. The highest BCUT2D eigenvalue weighted by molar-refractivity contribution is 9.11. The standard InChI is InChI=1S/C14H12BrN3S/c15-14-4-2-10(19-14)8-11(16)9-1-3-12-13(7-9)18-6-5-17-12/h1-7,11H,8,16H2. The van der Waals surface area contributed by atoms with E-state index in [2.05, 4.69) is 38.0 Å². The van der Waals surface area contributed by atoms with Crippen molar-refractivity contribution < 1.29 is 0 Å².